The molecule has 4 atom stereocenters. The molecule has 3 N–H and O–H groups in total. The molecule has 8 nitrogen and oxygen atoms in total. The lowest BCUT2D eigenvalue weighted by molar-refractivity contribution is -0.165. The van der Waals surface area contributed by atoms with Crippen molar-refractivity contribution >= 4 is 23.4 Å². The van der Waals surface area contributed by atoms with Gasteiger partial charge in [0.1, 0.15) is 24.1 Å². The van der Waals surface area contributed by atoms with Crippen LogP contribution in [0.15, 0.2) is 17.1 Å². The second-order valence-electron chi connectivity index (χ2n) is 5.90. The Morgan fingerprint density at radius 2 is 2.33 bits per heavy atom. The van der Waals surface area contributed by atoms with E-state index in [9.17, 15) is 19.1 Å². The smallest absolute Gasteiger partial charge is 0.351 e. The van der Waals surface area contributed by atoms with Gasteiger partial charge in [-0.2, -0.15) is 4.98 Å². The molecule has 10 heteroatoms. The first-order valence-corrected chi connectivity index (χ1v) is 7.82. The third-order valence-corrected chi connectivity index (χ3v) is 4.20. The van der Waals surface area contributed by atoms with Crippen molar-refractivity contribution in [2.24, 2.45) is 5.92 Å². The Morgan fingerprint density at radius 3 is 2.88 bits per heavy atom. The molecule has 1 aliphatic heterocycles. The number of hydrogen-bond acceptors (Lipinski definition) is 7. The molecule has 0 aliphatic carbocycles. The van der Waals surface area contributed by atoms with Crippen molar-refractivity contribution in [2.45, 2.75) is 38.0 Å². The zero-order chi connectivity index (χ0) is 18.1. The zero-order valence-electron chi connectivity index (χ0n) is 13.2. The third-order valence-electron chi connectivity index (χ3n) is 3.75. The number of anilines is 1. The topological polar surface area (TPSA) is 117 Å². The van der Waals surface area contributed by atoms with E-state index in [0.29, 0.717) is 0 Å². The van der Waals surface area contributed by atoms with E-state index in [1.807, 2.05) is 0 Å². The highest BCUT2D eigenvalue weighted by atomic mass is 35.5. The van der Waals surface area contributed by atoms with E-state index in [2.05, 4.69) is 4.98 Å². The average molecular weight is 364 g/mol. The van der Waals surface area contributed by atoms with Gasteiger partial charge in [-0.05, 0) is 6.07 Å². The van der Waals surface area contributed by atoms with E-state index >= 15 is 0 Å². The SMILES string of the molecule is CC(C)C(=O)OCC1(CCl)O[C@@H](n2ccc(N)nc2=O)[C@H](F)[C@@H]1O. The van der Waals surface area contributed by atoms with Crippen molar-refractivity contribution in [1.29, 1.82) is 0 Å². The molecule has 0 radical (unpaired) electrons. The van der Waals surface area contributed by atoms with Crippen LogP contribution in [0.25, 0.3) is 0 Å². The minimum Gasteiger partial charge on any atom is -0.462 e. The molecule has 1 saturated heterocycles. The van der Waals surface area contributed by atoms with Crippen molar-refractivity contribution < 1.29 is 23.8 Å². The Balaban J connectivity index is 2.26. The van der Waals surface area contributed by atoms with Gasteiger partial charge in [0.2, 0.25) is 0 Å². The van der Waals surface area contributed by atoms with E-state index in [1.54, 1.807) is 13.8 Å². The summed E-state index contributed by atoms with van der Waals surface area (Å²) in [6, 6.07) is 1.29. The summed E-state index contributed by atoms with van der Waals surface area (Å²) >= 11 is 5.84. The lowest BCUT2D eigenvalue weighted by atomic mass is 9.99. The van der Waals surface area contributed by atoms with Crippen LogP contribution in [-0.4, -0.2) is 51.0 Å². The van der Waals surface area contributed by atoms with Gasteiger partial charge in [0.15, 0.2) is 12.4 Å². The molecular formula is C14H19ClFN3O5. The maximum absolute atomic E-state index is 14.5. The quantitative estimate of drug-likeness (QED) is 0.568. The van der Waals surface area contributed by atoms with E-state index in [-0.39, 0.29) is 11.7 Å². The Hall–Kier alpha value is -1.71. The molecule has 24 heavy (non-hydrogen) atoms. The predicted octanol–water partition coefficient (Wildman–Crippen LogP) is 0.230. The number of nitrogen functional groups attached to an aromatic ring is 1. The van der Waals surface area contributed by atoms with Gasteiger partial charge in [-0.15, -0.1) is 11.6 Å². The fourth-order valence-electron chi connectivity index (χ4n) is 2.28. The van der Waals surface area contributed by atoms with Crippen molar-refractivity contribution in [3.8, 4) is 0 Å². The first-order chi connectivity index (χ1) is 11.2. The Morgan fingerprint density at radius 1 is 1.67 bits per heavy atom. The van der Waals surface area contributed by atoms with Crippen LogP contribution < -0.4 is 11.4 Å². The lowest BCUT2D eigenvalue weighted by Gasteiger charge is -2.29. The highest BCUT2D eigenvalue weighted by molar-refractivity contribution is 6.18. The number of esters is 1. The molecule has 0 aromatic carbocycles. The van der Waals surface area contributed by atoms with Crippen LogP contribution in [0, 0.1) is 5.92 Å². The van der Waals surface area contributed by atoms with Crippen LogP contribution in [0.1, 0.15) is 20.1 Å². The minimum atomic E-state index is -1.97. The number of aliphatic hydroxyl groups excluding tert-OH is 1. The predicted molar refractivity (Wildman–Crippen MR) is 83.2 cm³/mol. The number of ether oxygens (including phenoxy) is 2. The van der Waals surface area contributed by atoms with Crippen molar-refractivity contribution in [1.82, 2.24) is 9.55 Å². The Bertz CT molecular complexity index is 670. The Kier molecular flexibility index (Phi) is 5.46. The molecule has 0 amide bonds. The summed E-state index contributed by atoms with van der Waals surface area (Å²) in [5.74, 6) is -1.31. The van der Waals surface area contributed by atoms with Gasteiger partial charge in [-0.25, -0.2) is 9.18 Å². The van der Waals surface area contributed by atoms with Crippen molar-refractivity contribution in [2.75, 3.05) is 18.2 Å². The summed E-state index contributed by atoms with van der Waals surface area (Å²) in [4.78, 5) is 27.0. The fourth-order valence-corrected chi connectivity index (χ4v) is 2.58. The standard InChI is InChI=1S/C14H19ClFN3O5/c1-7(2)12(21)23-6-14(5-15)10(20)9(16)11(24-14)19-4-3-8(17)18-13(19)22/h3-4,7,9-11,20H,5-6H2,1-2H3,(H2,17,18,22)/t9-,10+,11-,14?/m1/s1. The number of alkyl halides is 2. The summed E-state index contributed by atoms with van der Waals surface area (Å²) in [6.45, 7) is 2.81. The molecule has 0 spiro atoms. The third kappa shape index (κ3) is 3.38. The normalized spacial score (nSPS) is 29.8. The zero-order valence-corrected chi connectivity index (χ0v) is 13.9. The van der Waals surface area contributed by atoms with Crippen LogP contribution >= 0.6 is 11.6 Å². The Labute approximate surface area is 142 Å². The molecule has 0 saturated carbocycles. The molecule has 1 aliphatic rings. The minimum absolute atomic E-state index is 0.0281. The van der Waals surface area contributed by atoms with Gasteiger partial charge in [0, 0.05) is 6.20 Å². The molecule has 134 valence electrons. The second-order valence-corrected chi connectivity index (χ2v) is 6.17. The first-order valence-electron chi connectivity index (χ1n) is 7.29. The lowest BCUT2D eigenvalue weighted by Crippen LogP contribution is -2.48. The van der Waals surface area contributed by atoms with Gasteiger partial charge < -0.3 is 20.3 Å². The molecular weight excluding hydrogens is 345 g/mol. The van der Waals surface area contributed by atoms with Crippen LogP contribution in [-0.2, 0) is 14.3 Å². The number of nitrogens with zero attached hydrogens (tertiary/aromatic N) is 2. The van der Waals surface area contributed by atoms with Crippen LogP contribution in [0.5, 0.6) is 0 Å². The highest BCUT2D eigenvalue weighted by Gasteiger charge is 2.56. The summed E-state index contributed by atoms with van der Waals surface area (Å²) in [6.07, 6.45) is -3.91. The highest BCUT2D eigenvalue weighted by Crippen LogP contribution is 2.39. The summed E-state index contributed by atoms with van der Waals surface area (Å²) in [5, 5.41) is 10.2. The van der Waals surface area contributed by atoms with Crippen LogP contribution in [0.3, 0.4) is 0 Å². The van der Waals surface area contributed by atoms with Crippen LogP contribution in [0.2, 0.25) is 0 Å². The molecule has 1 aromatic heterocycles. The number of carbonyl (C=O) groups is 1. The number of rotatable bonds is 5. The summed E-state index contributed by atoms with van der Waals surface area (Å²) in [7, 11) is 0. The van der Waals surface area contributed by atoms with Crippen LogP contribution in [0.4, 0.5) is 10.2 Å². The molecule has 2 heterocycles. The number of halogens is 2. The number of nitrogens with two attached hydrogens (primary N) is 1. The molecule has 1 unspecified atom stereocenters. The maximum Gasteiger partial charge on any atom is 0.351 e. The van der Waals surface area contributed by atoms with E-state index in [1.165, 1.54) is 12.3 Å². The first kappa shape index (κ1) is 18.6. The summed E-state index contributed by atoms with van der Waals surface area (Å²) in [5.41, 5.74) is 2.89. The van der Waals surface area contributed by atoms with Gasteiger partial charge in [0.25, 0.3) is 0 Å². The average Bonchev–Trinajstić information content (AvgIpc) is 2.78. The maximum atomic E-state index is 14.5. The van der Waals surface area contributed by atoms with E-state index in [4.69, 9.17) is 26.8 Å². The summed E-state index contributed by atoms with van der Waals surface area (Å²) < 4.78 is 25.9. The van der Waals surface area contributed by atoms with Gasteiger partial charge in [-0.3, -0.25) is 9.36 Å². The number of aliphatic hydroxyl groups is 1. The van der Waals surface area contributed by atoms with Gasteiger partial charge in [0.05, 0.1) is 11.8 Å². The molecule has 2 rings (SSSR count). The largest absolute Gasteiger partial charge is 0.462 e. The number of hydrogen-bond donors (Lipinski definition) is 2. The molecule has 1 fully saturated rings. The van der Waals surface area contributed by atoms with E-state index in [0.717, 1.165) is 4.57 Å². The molecule has 0 bridgehead atoms. The van der Waals surface area contributed by atoms with Gasteiger partial charge in [-0.1, -0.05) is 13.8 Å². The molecule has 1 aromatic rings. The van der Waals surface area contributed by atoms with E-state index < -0.39 is 48.3 Å². The van der Waals surface area contributed by atoms with Crippen molar-refractivity contribution in [3.05, 3.63) is 22.7 Å². The number of aromatic nitrogens is 2. The monoisotopic (exact) mass is 363 g/mol. The number of carbonyl (C=O) groups excluding carboxylic acids is 1. The van der Waals surface area contributed by atoms with Crippen molar-refractivity contribution in [3.63, 3.8) is 0 Å². The van der Waals surface area contributed by atoms with Gasteiger partial charge >= 0.3 is 11.7 Å². The fraction of sp³-hybridized carbons (Fsp3) is 0.643. The second kappa shape index (κ2) is 7.04.